The number of amides is 1. The summed E-state index contributed by atoms with van der Waals surface area (Å²) in [4.78, 5) is 54.2. The number of benzene rings is 2. The number of aliphatic carboxylic acids is 1. The number of ketones is 1. The van der Waals surface area contributed by atoms with Gasteiger partial charge < -0.3 is 24.4 Å². The van der Waals surface area contributed by atoms with E-state index in [-0.39, 0.29) is 36.2 Å². The molecule has 1 saturated heterocycles. The third kappa shape index (κ3) is 7.88. The number of likely N-dealkylation sites (N-methyl/N-ethyl adjacent to an activating group) is 1. The molecule has 0 spiro atoms. The Morgan fingerprint density at radius 1 is 0.956 bits per heavy atom. The van der Waals surface area contributed by atoms with E-state index >= 15 is 0 Å². The molecule has 0 unspecified atom stereocenters. The smallest absolute Gasteiger partial charge is 0.489 e. The molecule has 45 heavy (non-hydrogen) atoms. The van der Waals surface area contributed by atoms with Gasteiger partial charge in [0.15, 0.2) is 11.5 Å². The Bertz CT molecular complexity index is 1730. The molecule has 0 radical (unpaired) electrons. The normalized spacial score (nSPS) is 13.8. The van der Waals surface area contributed by atoms with Gasteiger partial charge in [0.25, 0.3) is 11.5 Å². The highest BCUT2D eigenvalue weighted by Gasteiger charge is 2.38. The molecular formula is C31H32F3N3O7S. The lowest BCUT2D eigenvalue weighted by Crippen LogP contribution is -2.47. The summed E-state index contributed by atoms with van der Waals surface area (Å²) in [6.45, 7) is 5.66. The third-order valence-corrected chi connectivity index (χ3v) is 8.26. The molecule has 0 atom stereocenters. The van der Waals surface area contributed by atoms with E-state index in [0.717, 1.165) is 18.5 Å². The van der Waals surface area contributed by atoms with E-state index in [0.29, 0.717) is 52.3 Å². The van der Waals surface area contributed by atoms with Crippen molar-refractivity contribution in [3.8, 4) is 5.75 Å². The number of thiophene rings is 1. The van der Waals surface area contributed by atoms with Gasteiger partial charge in [-0.2, -0.15) is 13.2 Å². The topological polar surface area (TPSA) is 118 Å². The van der Waals surface area contributed by atoms with Crippen LogP contribution in [-0.4, -0.2) is 96.4 Å². The number of ether oxygens (including phenoxy) is 2. The molecule has 14 heteroatoms. The number of alkyl halides is 3. The lowest BCUT2D eigenvalue weighted by molar-refractivity contribution is -0.192. The first-order chi connectivity index (χ1) is 21.4. The van der Waals surface area contributed by atoms with Crippen LogP contribution in [0.4, 0.5) is 13.2 Å². The van der Waals surface area contributed by atoms with Gasteiger partial charge >= 0.3 is 12.1 Å². The number of Topliss-reactive ketones (excluding diaryl/α,β-unsaturated/α-hetero) is 1. The minimum absolute atomic E-state index is 0.116. The standard InChI is InChI=1S/C29H31N3O5S.C2HF3O2/c1-3-36-17-18-37-25-24-26(38-27(25)29(35)31-15-13-30(2)14-16-31)21-11-7-8-12-22(21)32(28(24)34)19-23(33)20-9-5-4-6-10-20;3-2(4,5)1(6)7/h4-12H,3,13-19H2,1-2H3;(H,6,7). The lowest BCUT2D eigenvalue weighted by Gasteiger charge is -2.32. The Balaban J connectivity index is 0.000000591. The average Bonchev–Trinajstić information content (AvgIpc) is 3.41. The van der Waals surface area contributed by atoms with E-state index in [9.17, 15) is 27.6 Å². The number of pyridine rings is 1. The molecular weight excluding hydrogens is 615 g/mol. The van der Waals surface area contributed by atoms with Gasteiger partial charge in [0, 0.05) is 43.7 Å². The van der Waals surface area contributed by atoms with Crippen molar-refractivity contribution in [3.63, 3.8) is 0 Å². The Morgan fingerprint density at radius 3 is 2.20 bits per heavy atom. The van der Waals surface area contributed by atoms with E-state index in [4.69, 9.17) is 19.4 Å². The summed E-state index contributed by atoms with van der Waals surface area (Å²) in [5, 5.41) is 8.27. The van der Waals surface area contributed by atoms with Crippen molar-refractivity contribution in [1.29, 1.82) is 0 Å². The second-order valence-corrected chi connectivity index (χ2v) is 11.1. The number of piperazine rings is 1. The molecule has 0 aliphatic carbocycles. The molecule has 10 nitrogen and oxygen atoms in total. The lowest BCUT2D eigenvalue weighted by atomic mass is 10.1. The summed E-state index contributed by atoms with van der Waals surface area (Å²) in [6.07, 6.45) is -5.08. The average molecular weight is 648 g/mol. The first-order valence-corrected chi connectivity index (χ1v) is 14.9. The number of rotatable bonds is 9. The van der Waals surface area contributed by atoms with Gasteiger partial charge in [0.1, 0.15) is 16.9 Å². The molecule has 2 aromatic heterocycles. The van der Waals surface area contributed by atoms with Crippen LogP contribution in [0, 0.1) is 0 Å². The molecule has 1 aliphatic rings. The number of carboxylic acids is 1. The van der Waals surface area contributed by atoms with Crippen LogP contribution in [0.1, 0.15) is 27.0 Å². The Kier molecular flexibility index (Phi) is 11.0. The number of carbonyl (C=O) groups is 3. The monoisotopic (exact) mass is 647 g/mol. The van der Waals surface area contributed by atoms with Gasteiger partial charge in [-0.3, -0.25) is 19.0 Å². The summed E-state index contributed by atoms with van der Waals surface area (Å²) >= 11 is 1.29. The Hall–Kier alpha value is -4.27. The molecule has 2 aromatic carbocycles. The molecule has 4 aromatic rings. The third-order valence-electron chi connectivity index (χ3n) is 7.07. The maximum Gasteiger partial charge on any atom is 0.490 e. The second kappa shape index (κ2) is 14.7. The van der Waals surface area contributed by atoms with Crippen LogP contribution < -0.4 is 10.3 Å². The molecule has 1 aliphatic heterocycles. The van der Waals surface area contributed by atoms with E-state index in [2.05, 4.69) is 4.90 Å². The quantitative estimate of drug-likeness (QED) is 0.208. The largest absolute Gasteiger partial charge is 0.490 e. The Morgan fingerprint density at radius 2 is 1.58 bits per heavy atom. The van der Waals surface area contributed by atoms with Gasteiger partial charge in [-0.15, -0.1) is 11.3 Å². The first-order valence-electron chi connectivity index (χ1n) is 14.1. The highest BCUT2D eigenvalue weighted by atomic mass is 32.1. The molecule has 1 fully saturated rings. The van der Waals surface area contributed by atoms with Crippen LogP contribution in [0.5, 0.6) is 5.75 Å². The number of hydrogen-bond acceptors (Lipinski definition) is 8. The molecule has 0 bridgehead atoms. The van der Waals surface area contributed by atoms with Gasteiger partial charge in [-0.25, -0.2) is 4.79 Å². The molecule has 240 valence electrons. The van der Waals surface area contributed by atoms with Crippen molar-refractivity contribution < 1.29 is 42.1 Å². The summed E-state index contributed by atoms with van der Waals surface area (Å²) in [7, 11) is 2.04. The number of halogens is 3. The van der Waals surface area contributed by atoms with Crippen molar-refractivity contribution in [1.82, 2.24) is 14.4 Å². The number of hydrogen-bond donors (Lipinski definition) is 1. The molecule has 1 N–H and O–H groups in total. The van der Waals surface area contributed by atoms with E-state index in [1.54, 1.807) is 24.3 Å². The summed E-state index contributed by atoms with van der Waals surface area (Å²) in [6, 6.07) is 16.4. The summed E-state index contributed by atoms with van der Waals surface area (Å²) in [5.74, 6) is -2.78. The van der Waals surface area contributed by atoms with Crippen LogP contribution in [-0.2, 0) is 16.1 Å². The molecule has 0 saturated carbocycles. The predicted octanol–water partition coefficient (Wildman–Crippen LogP) is 4.54. The number of para-hydroxylation sites is 1. The fourth-order valence-corrected chi connectivity index (χ4v) is 5.98. The highest BCUT2D eigenvalue weighted by molar-refractivity contribution is 7.22. The number of nitrogens with zero attached hydrogens (tertiary/aromatic N) is 3. The van der Waals surface area contributed by atoms with E-state index in [1.165, 1.54) is 15.9 Å². The van der Waals surface area contributed by atoms with Crippen molar-refractivity contribution >= 4 is 50.0 Å². The fraction of sp³-hybridized carbons (Fsp3) is 0.355. The second-order valence-electron chi connectivity index (χ2n) is 10.1. The Labute approximate surface area is 260 Å². The predicted molar refractivity (Wildman–Crippen MR) is 163 cm³/mol. The van der Waals surface area contributed by atoms with Crippen LogP contribution in [0.15, 0.2) is 59.4 Å². The van der Waals surface area contributed by atoms with Gasteiger partial charge in [-0.1, -0.05) is 48.5 Å². The minimum Gasteiger partial charge on any atom is -0.489 e. The van der Waals surface area contributed by atoms with Gasteiger partial charge in [0.05, 0.1) is 23.4 Å². The zero-order valence-electron chi connectivity index (χ0n) is 24.6. The SMILES string of the molecule is CCOCCOc1c(C(=O)N2CCN(C)CC2)sc2c1c(=O)n(CC(=O)c1ccccc1)c1ccccc21.O=C(O)C(F)(F)F. The van der Waals surface area contributed by atoms with Crippen molar-refractivity contribution in [2.24, 2.45) is 0 Å². The van der Waals surface area contributed by atoms with Crippen molar-refractivity contribution in [2.45, 2.75) is 19.6 Å². The van der Waals surface area contributed by atoms with Crippen LogP contribution in [0.25, 0.3) is 21.0 Å². The molecule has 5 rings (SSSR count). The summed E-state index contributed by atoms with van der Waals surface area (Å²) < 4.78 is 45.5. The number of carboxylic acid groups (broad SMARTS) is 1. The van der Waals surface area contributed by atoms with E-state index < -0.39 is 12.1 Å². The van der Waals surface area contributed by atoms with Crippen molar-refractivity contribution in [2.75, 3.05) is 53.0 Å². The fourth-order valence-electron chi connectivity index (χ4n) is 4.74. The number of carbonyl (C=O) groups excluding carboxylic acids is 2. The zero-order valence-corrected chi connectivity index (χ0v) is 25.4. The maximum absolute atomic E-state index is 14.0. The maximum atomic E-state index is 14.0. The molecule has 3 heterocycles. The van der Waals surface area contributed by atoms with Crippen LogP contribution in [0.3, 0.4) is 0 Å². The zero-order chi connectivity index (χ0) is 32.7. The van der Waals surface area contributed by atoms with Gasteiger partial charge in [0.2, 0.25) is 0 Å². The van der Waals surface area contributed by atoms with Crippen LogP contribution >= 0.6 is 11.3 Å². The van der Waals surface area contributed by atoms with Gasteiger partial charge in [-0.05, 0) is 20.0 Å². The first kappa shape index (κ1) is 33.6. The highest BCUT2D eigenvalue weighted by Crippen LogP contribution is 2.40. The molecule has 1 amide bonds. The van der Waals surface area contributed by atoms with Crippen molar-refractivity contribution in [3.05, 3.63) is 75.4 Å². The van der Waals surface area contributed by atoms with Crippen LogP contribution in [0.2, 0.25) is 0 Å². The number of aromatic nitrogens is 1. The van der Waals surface area contributed by atoms with E-state index in [1.807, 2.05) is 49.2 Å². The minimum atomic E-state index is -5.08. The summed E-state index contributed by atoms with van der Waals surface area (Å²) in [5.41, 5.74) is 0.839. The number of fused-ring (bicyclic) bond motifs is 3.